The number of carbonyl (C=O) groups excluding carboxylic acids is 1. The summed E-state index contributed by atoms with van der Waals surface area (Å²) in [6.45, 7) is 2.16. The maximum atomic E-state index is 13.5. The molecule has 9 nitrogen and oxygen atoms in total. The van der Waals surface area contributed by atoms with E-state index in [1.54, 1.807) is 23.9 Å². The van der Waals surface area contributed by atoms with Crippen molar-refractivity contribution in [1.82, 2.24) is 20.0 Å². The topological polar surface area (TPSA) is 117 Å². The van der Waals surface area contributed by atoms with Crippen LogP contribution in [0.5, 0.6) is 5.75 Å². The molecule has 39 heavy (non-hydrogen) atoms. The lowest BCUT2D eigenvalue weighted by Gasteiger charge is -2.28. The number of hydrogen-bond donors (Lipinski definition) is 3. The first-order valence-electron chi connectivity index (χ1n) is 13.0. The van der Waals surface area contributed by atoms with Gasteiger partial charge in [-0.3, -0.25) is 19.2 Å². The number of methoxy groups -OCH3 is 1. The summed E-state index contributed by atoms with van der Waals surface area (Å²) in [6.07, 6.45) is 0.437. The van der Waals surface area contributed by atoms with Crippen LogP contribution in [0.1, 0.15) is 45.3 Å². The van der Waals surface area contributed by atoms with E-state index in [0.717, 1.165) is 39.9 Å². The molecule has 4 aromatic rings. The average molecular weight is 529 g/mol. The predicted octanol–water partition coefficient (Wildman–Crippen LogP) is 3.54. The second kappa shape index (κ2) is 11.7. The lowest BCUT2D eigenvalue weighted by atomic mass is 10.00. The first-order chi connectivity index (χ1) is 19.0. The standard InChI is InChI=1S/C30H32N4O5/c1-39-27-12-11-21(22-9-5-6-10-23(22)27)18-33-14-13-26-24(19-33)29(32-34(26)15-16-35)30(38)31-25(17-28(36)37)20-7-3-2-4-8-20/h2-12,25,35H,13-19H2,1H3,(H,31,38)(H,36,37)/t25-/m0/s1. The van der Waals surface area contributed by atoms with Gasteiger partial charge in [-0.1, -0.05) is 60.7 Å². The molecule has 3 N–H and O–H groups in total. The van der Waals surface area contributed by atoms with Crippen molar-refractivity contribution < 1.29 is 24.5 Å². The molecular weight excluding hydrogens is 496 g/mol. The fraction of sp³-hybridized carbons (Fsp3) is 0.300. The largest absolute Gasteiger partial charge is 0.496 e. The maximum absolute atomic E-state index is 13.5. The quantitative estimate of drug-likeness (QED) is 0.288. The Morgan fingerprint density at radius 3 is 2.51 bits per heavy atom. The van der Waals surface area contributed by atoms with Crippen LogP contribution in [0, 0.1) is 0 Å². The molecule has 1 atom stereocenters. The molecule has 5 rings (SSSR count). The van der Waals surface area contributed by atoms with Gasteiger partial charge in [0, 0.05) is 42.7 Å². The maximum Gasteiger partial charge on any atom is 0.305 e. The fourth-order valence-electron chi connectivity index (χ4n) is 5.37. The van der Waals surface area contributed by atoms with Crippen molar-refractivity contribution in [3.8, 4) is 5.75 Å². The van der Waals surface area contributed by atoms with Crippen LogP contribution in [0.4, 0.5) is 0 Å². The number of carbonyl (C=O) groups is 2. The summed E-state index contributed by atoms with van der Waals surface area (Å²) in [5, 5.41) is 28.7. The van der Waals surface area contributed by atoms with Crippen LogP contribution >= 0.6 is 0 Å². The first-order valence-corrected chi connectivity index (χ1v) is 13.0. The minimum atomic E-state index is -1.00. The van der Waals surface area contributed by atoms with Gasteiger partial charge in [0.2, 0.25) is 0 Å². The summed E-state index contributed by atoms with van der Waals surface area (Å²) in [7, 11) is 1.67. The number of aromatic nitrogens is 2. The van der Waals surface area contributed by atoms with E-state index < -0.39 is 17.9 Å². The molecule has 0 fully saturated rings. The van der Waals surface area contributed by atoms with Gasteiger partial charge in [0.15, 0.2) is 5.69 Å². The predicted molar refractivity (Wildman–Crippen MR) is 147 cm³/mol. The van der Waals surface area contributed by atoms with Gasteiger partial charge in [0.1, 0.15) is 5.75 Å². The summed E-state index contributed by atoms with van der Waals surface area (Å²) in [5.41, 5.74) is 3.89. The van der Waals surface area contributed by atoms with Gasteiger partial charge in [0.05, 0.1) is 32.7 Å². The number of benzene rings is 3. The second-order valence-corrected chi connectivity index (χ2v) is 9.69. The number of hydrogen-bond acceptors (Lipinski definition) is 6. The van der Waals surface area contributed by atoms with E-state index in [0.29, 0.717) is 25.1 Å². The van der Waals surface area contributed by atoms with E-state index in [9.17, 15) is 19.8 Å². The van der Waals surface area contributed by atoms with E-state index >= 15 is 0 Å². The van der Waals surface area contributed by atoms with E-state index in [-0.39, 0.29) is 25.3 Å². The van der Waals surface area contributed by atoms with Gasteiger partial charge in [-0.25, -0.2) is 0 Å². The zero-order chi connectivity index (χ0) is 27.4. The summed E-state index contributed by atoms with van der Waals surface area (Å²) in [5.74, 6) is -0.599. The number of nitrogens with zero attached hydrogens (tertiary/aromatic N) is 3. The van der Waals surface area contributed by atoms with E-state index in [2.05, 4.69) is 27.4 Å². The van der Waals surface area contributed by atoms with Crippen molar-refractivity contribution in [3.63, 3.8) is 0 Å². The second-order valence-electron chi connectivity index (χ2n) is 9.69. The number of amides is 1. The molecule has 1 aromatic heterocycles. The zero-order valence-electron chi connectivity index (χ0n) is 21.8. The number of aliphatic carboxylic acids is 1. The third-order valence-corrected chi connectivity index (χ3v) is 7.21. The van der Waals surface area contributed by atoms with Crippen molar-refractivity contribution in [3.05, 3.63) is 94.8 Å². The van der Waals surface area contributed by atoms with Crippen LogP contribution < -0.4 is 10.1 Å². The lowest BCUT2D eigenvalue weighted by molar-refractivity contribution is -0.137. The number of rotatable bonds is 10. The number of carboxylic acid groups (broad SMARTS) is 1. The molecule has 0 radical (unpaired) electrons. The monoisotopic (exact) mass is 528 g/mol. The van der Waals surface area contributed by atoms with Gasteiger partial charge in [-0.05, 0) is 22.6 Å². The van der Waals surface area contributed by atoms with Gasteiger partial charge >= 0.3 is 5.97 Å². The average Bonchev–Trinajstić information content (AvgIpc) is 3.31. The Bertz CT molecular complexity index is 1480. The van der Waals surface area contributed by atoms with E-state index in [1.165, 1.54) is 0 Å². The molecule has 1 amide bonds. The van der Waals surface area contributed by atoms with Crippen LogP contribution in [0.2, 0.25) is 0 Å². The number of nitrogens with one attached hydrogen (secondary N) is 1. The van der Waals surface area contributed by atoms with Crippen molar-refractivity contribution in [2.75, 3.05) is 20.3 Å². The van der Waals surface area contributed by atoms with Crippen LogP contribution in [0.15, 0.2) is 66.7 Å². The summed E-state index contributed by atoms with van der Waals surface area (Å²) in [6, 6.07) is 20.6. The number of ether oxygens (including phenoxy) is 1. The van der Waals surface area contributed by atoms with Crippen molar-refractivity contribution in [2.45, 2.75) is 38.5 Å². The highest BCUT2D eigenvalue weighted by atomic mass is 16.5. The molecule has 1 aliphatic heterocycles. The lowest BCUT2D eigenvalue weighted by Crippen LogP contribution is -2.34. The van der Waals surface area contributed by atoms with Gasteiger partial charge in [0.25, 0.3) is 5.91 Å². The third kappa shape index (κ3) is 5.64. The Balaban J connectivity index is 1.42. The normalized spacial score (nSPS) is 14.1. The van der Waals surface area contributed by atoms with E-state index in [4.69, 9.17) is 4.74 Å². The minimum absolute atomic E-state index is 0.0949. The van der Waals surface area contributed by atoms with Crippen LogP contribution in [-0.2, 0) is 30.8 Å². The minimum Gasteiger partial charge on any atom is -0.496 e. The molecule has 0 saturated carbocycles. The number of carboxylic acids is 1. The van der Waals surface area contributed by atoms with Gasteiger partial charge in [-0.15, -0.1) is 0 Å². The Morgan fingerprint density at radius 1 is 1.05 bits per heavy atom. The van der Waals surface area contributed by atoms with Crippen molar-refractivity contribution in [1.29, 1.82) is 0 Å². The first kappa shape index (κ1) is 26.4. The fourth-order valence-corrected chi connectivity index (χ4v) is 5.37. The van der Waals surface area contributed by atoms with Crippen LogP contribution in [0.3, 0.4) is 0 Å². The molecule has 202 valence electrons. The van der Waals surface area contributed by atoms with Crippen molar-refractivity contribution in [2.24, 2.45) is 0 Å². The summed E-state index contributed by atoms with van der Waals surface area (Å²) >= 11 is 0. The Labute approximate surface area is 226 Å². The highest BCUT2D eigenvalue weighted by Crippen LogP contribution is 2.31. The Kier molecular flexibility index (Phi) is 7.90. The van der Waals surface area contributed by atoms with Gasteiger partial charge < -0.3 is 20.3 Å². The molecule has 0 saturated heterocycles. The molecule has 0 spiro atoms. The smallest absolute Gasteiger partial charge is 0.305 e. The molecule has 9 heteroatoms. The highest BCUT2D eigenvalue weighted by Gasteiger charge is 2.30. The molecular formula is C30H32N4O5. The number of aliphatic hydroxyl groups is 1. The SMILES string of the molecule is COc1ccc(CN2CCc3c(c(C(=O)N[C@@H](CC(=O)O)c4ccccc4)nn3CCO)C2)c2ccccc12. The van der Waals surface area contributed by atoms with Crippen LogP contribution in [-0.4, -0.2) is 57.0 Å². The molecule has 1 aliphatic rings. The summed E-state index contributed by atoms with van der Waals surface area (Å²) < 4.78 is 7.26. The number of fused-ring (bicyclic) bond motifs is 2. The molecule has 3 aromatic carbocycles. The summed E-state index contributed by atoms with van der Waals surface area (Å²) in [4.78, 5) is 27.4. The Hall–Kier alpha value is -4.21. The molecule has 0 bridgehead atoms. The Morgan fingerprint density at radius 2 is 1.79 bits per heavy atom. The highest BCUT2D eigenvalue weighted by molar-refractivity contribution is 5.94. The van der Waals surface area contributed by atoms with Gasteiger partial charge in [-0.2, -0.15) is 5.10 Å². The third-order valence-electron chi connectivity index (χ3n) is 7.21. The molecule has 0 unspecified atom stereocenters. The van der Waals surface area contributed by atoms with E-state index in [1.807, 2.05) is 42.5 Å². The molecule has 2 heterocycles. The number of aliphatic hydroxyl groups excluding tert-OH is 1. The van der Waals surface area contributed by atoms with Crippen LogP contribution in [0.25, 0.3) is 10.8 Å². The van der Waals surface area contributed by atoms with Crippen molar-refractivity contribution >= 4 is 22.6 Å². The zero-order valence-corrected chi connectivity index (χ0v) is 21.8. The molecule has 0 aliphatic carbocycles.